The Morgan fingerprint density at radius 2 is 1.44 bits per heavy atom. The summed E-state index contributed by atoms with van der Waals surface area (Å²) in [5.74, 6) is -4.51. The molecule has 0 saturated carbocycles. The summed E-state index contributed by atoms with van der Waals surface area (Å²) in [4.78, 5) is 44.6. The number of benzene rings is 2. The maximum atomic E-state index is 12.7. The average Bonchev–Trinajstić information content (AvgIpc) is 2.82. The van der Waals surface area contributed by atoms with Crippen molar-refractivity contribution in [3.05, 3.63) is 65.2 Å². The van der Waals surface area contributed by atoms with Crippen molar-refractivity contribution in [3.8, 4) is 5.75 Å². The van der Waals surface area contributed by atoms with Gasteiger partial charge in [-0.05, 0) is 36.4 Å². The molecule has 194 valence electrons. The quantitative estimate of drug-likeness (QED) is 0.179. The standard InChI is InChI=1S/C20H21N3O6.C2HF3O2/c1-28-10-16(23-20(27)14-4-2-13(3-5-14)19(21)22)18(26)12-6-8-15(9-7-12)29-11-17(24)25;3-2(4,5)1(6)7/h2-9,16H,10-11H2,1H3,(H3,21,22)(H,23,27)(H,24,25);(H,6,7)/t16-;/m0./s1. The van der Waals surface area contributed by atoms with E-state index in [9.17, 15) is 27.6 Å². The van der Waals surface area contributed by atoms with Gasteiger partial charge in [-0.1, -0.05) is 12.1 Å². The summed E-state index contributed by atoms with van der Waals surface area (Å²) in [5.41, 5.74) is 6.49. The molecule has 36 heavy (non-hydrogen) atoms. The van der Waals surface area contributed by atoms with E-state index in [1.165, 1.54) is 43.5 Å². The fraction of sp³-hybridized carbons (Fsp3) is 0.227. The molecule has 0 heterocycles. The maximum Gasteiger partial charge on any atom is 0.490 e. The summed E-state index contributed by atoms with van der Waals surface area (Å²) in [5, 5.41) is 25.7. The van der Waals surface area contributed by atoms with Gasteiger partial charge in [0, 0.05) is 23.8 Å². The van der Waals surface area contributed by atoms with E-state index in [0.29, 0.717) is 22.4 Å². The first kappa shape index (κ1) is 29.6. The second-order valence-electron chi connectivity index (χ2n) is 6.85. The van der Waals surface area contributed by atoms with E-state index in [-0.39, 0.29) is 18.2 Å². The summed E-state index contributed by atoms with van der Waals surface area (Å²) in [6.45, 7) is -0.522. The van der Waals surface area contributed by atoms with Gasteiger partial charge in [0.2, 0.25) is 0 Å². The number of carbonyl (C=O) groups excluding carboxylic acids is 2. The highest BCUT2D eigenvalue weighted by Gasteiger charge is 2.38. The van der Waals surface area contributed by atoms with Crippen molar-refractivity contribution in [2.24, 2.45) is 5.73 Å². The number of hydrogen-bond donors (Lipinski definition) is 5. The molecule has 0 aliphatic carbocycles. The van der Waals surface area contributed by atoms with Crippen molar-refractivity contribution < 1.29 is 52.0 Å². The number of carbonyl (C=O) groups is 4. The zero-order valence-corrected chi connectivity index (χ0v) is 18.7. The number of nitrogens with one attached hydrogen (secondary N) is 2. The van der Waals surface area contributed by atoms with Gasteiger partial charge in [-0.2, -0.15) is 13.2 Å². The Hall–Kier alpha value is -4.46. The van der Waals surface area contributed by atoms with Crippen molar-refractivity contribution in [2.75, 3.05) is 20.3 Å². The van der Waals surface area contributed by atoms with Crippen LogP contribution in [0.1, 0.15) is 26.3 Å². The van der Waals surface area contributed by atoms with Gasteiger partial charge in [-0.25, -0.2) is 9.59 Å². The number of carboxylic acid groups (broad SMARTS) is 2. The van der Waals surface area contributed by atoms with Gasteiger partial charge in [0.05, 0.1) is 6.61 Å². The van der Waals surface area contributed by atoms with E-state index in [2.05, 4.69) is 5.32 Å². The molecule has 0 saturated heterocycles. The Bertz CT molecular complexity index is 1090. The SMILES string of the molecule is COC[C@H](NC(=O)c1ccc(C(=N)N)cc1)C(=O)c1ccc(OCC(=O)O)cc1.O=C(O)C(F)(F)F. The lowest BCUT2D eigenvalue weighted by Crippen LogP contribution is -2.44. The first-order chi connectivity index (χ1) is 16.8. The number of carboxylic acids is 2. The van der Waals surface area contributed by atoms with Gasteiger partial charge in [-0.15, -0.1) is 0 Å². The van der Waals surface area contributed by atoms with Gasteiger partial charge >= 0.3 is 18.1 Å². The van der Waals surface area contributed by atoms with Crippen LogP contribution in [0, 0.1) is 5.41 Å². The lowest BCUT2D eigenvalue weighted by atomic mass is 10.0. The average molecular weight is 513 g/mol. The lowest BCUT2D eigenvalue weighted by molar-refractivity contribution is -0.192. The molecule has 1 atom stereocenters. The molecule has 0 radical (unpaired) electrons. The number of amidine groups is 1. The number of amides is 1. The van der Waals surface area contributed by atoms with Gasteiger partial charge < -0.3 is 30.7 Å². The number of halogens is 3. The predicted octanol–water partition coefficient (Wildman–Crippen LogP) is 1.70. The summed E-state index contributed by atoms with van der Waals surface area (Å²) in [7, 11) is 1.41. The topological polar surface area (TPSA) is 189 Å². The zero-order chi connectivity index (χ0) is 27.5. The summed E-state index contributed by atoms with van der Waals surface area (Å²) < 4.78 is 41.8. The third-order valence-electron chi connectivity index (χ3n) is 4.16. The van der Waals surface area contributed by atoms with Gasteiger partial charge in [-0.3, -0.25) is 15.0 Å². The van der Waals surface area contributed by atoms with Crippen LogP contribution in [0.15, 0.2) is 48.5 Å². The number of nitrogen functional groups attached to an aromatic ring is 1. The molecule has 14 heteroatoms. The van der Waals surface area contributed by atoms with Crippen LogP contribution in [0.2, 0.25) is 0 Å². The Balaban J connectivity index is 0.000000809. The first-order valence-corrected chi connectivity index (χ1v) is 9.79. The van der Waals surface area contributed by atoms with Crippen LogP contribution < -0.4 is 15.8 Å². The van der Waals surface area contributed by atoms with Crippen molar-refractivity contribution >= 4 is 29.5 Å². The third-order valence-corrected chi connectivity index (χ3v) is 4.16. The Kier molecular flexibility index (Phi) is 11.0. The smallest absolute Gasteiger partial charge is 0.482 e. The van der Waals surface area contributed by atoms with Crippen molar-refractivity contribution in [1.29, 1.82) is 5.41 Å². The van der Waals surface area contributed by atoms with E-state index in [1.54, 1.807) is 12.1 Å². The van der Waals surface area contributed by atoms with Crippen LogP contribution in [0.5, 0.6) is 5.75 Å². The third kappa shape index (κ3) is 9.80. The van der Waals surface area contributed by atoms with E-state index in [0.717, 1.165) is 0 Å². The van der Waals surface area contributed by atoms with Crippen LogP contribution in [-0.2, 0) is 14.3 Å². The van der Waals surface area contributed by atoms with Crippen LogP contribution in [-0.4, -0.2) is 72.2 Å². The molecule has 2 aromatic rings. The summed E-state index contributed by atoms with van der Waals surface area (Å²) in [6, 6.07) is 11.1. The first-order valence-electron chi connectivity index (χ1n) is 9.79. The second kappa shape index (κ2) is 13.4. The normalized spacial score (nSPS) is 11.3. The van der Waals surface area contributed by atoms with Gasteiger partial charge in [0.1, 0.15) is 17.6 Å². The molecule has 0 unspecified atom stereocenters. The van der Waals surface area contributed by atoms with Crippen LogP contribution >= 0.6 is 0 Å². The number of Topliss-reactive ketones (excluding diaryl/α,β-unsaturated/α-hetero) is 1. The number of alkyl halides is 3. The number of nitrogens with two attached hydrogens (primary N) is 1. The highest BCUT2D eigenvalue weighted by atomic mass is 19.4. The molecule has 0 spiro atoms. The van der Waals surface area contributed by atoms with Gasteiger partial charge in [0.25, 0.3) is 5.91 Å². The number of ether oxygens (including phenoxy) is 2. The monoisotopic (exact) mass is 513 g/mol. The Labute approximate surface area is 202 Å². The molecule has 0 aliphatic rings. The molecular formula is C22H22F3N3O8. The second-order valence-corrected chi connectivity index (χ2v) is 6.85. The zero-order valence-electron chi connectivity index (χ0n) is 18.7. The van der Waals surface area contributed by atoms with E-state index in [1.807, 2.05) is 0 Å². The summed E-state index contributed by atoms with van der Waals surface area (Å²) in [6.07, 6.45) is -5.08. The number of aliphatic carboxylic acids is 2. The molecule has 2 aromatic carbocycles. The largest absolute Gasteiger partial charge is 0.490 e. The fourth-order valence-corrected chi connectivity index (χ4v) is 2.45. The van der Waals surface area contributed by atoms with Crippen molar-refractivity contribution in [2.45, 2.75) is 12.2 Å². The number of ketones is 1. The van der Waals surface area contributed by atoms with E-state index >= 15 is 0 Å². The van der Waals surface area contributed by atoms with E-state index in [4.69, 9.17) is 35.6 Å². The van der Waals surface area contributed by atoms with Crippen LogP contribution in [0.4, 0.5) is 13.2 Å². The molecule has 6 N–H and O–H groups in total. The summed E-state index contributed by atoms with van der Waals surface area (Å²) >= 11 is 0. The number of rotatable bonds is 10. The highest BCUT2D eigenvalue weighted by molar-refractivity contribution is 6.05. The minimum Gasteiger partial charge on any atom is -0.482 e. The number of hydrogen-bond acceptors (Lipinski definition) is 7. The molecule has 1 amide bonds. The van der Waals surface area contributed by atoms with E-state index < -0.39 is 36.7 Å². The van der Waals surface area contributed by atoms with Crippen LogP contribution in [0.3, 0.4) is 0 Å². The molecule has 0 aliphatic heterocycles. The van der Waals surface area contributed by atoms with Crippen molar-refractivity contribution in [1.82, 2.24) is 5.32 Å². The molecule has 2 rings (SSSR count). The predicted molar refractivity (Wildman–Crippen MR) is 118 cm³/mol. The minimum atomic E-state index is -5.08. The molecule has 0 aromatic heterocycles. The van der Waals surface area contributed by atoms with Gasteiger partial charge in [0.15, 0.2) is 12.4 Å². The molecule has 0 fully saturated rings. The Morgan fingerprint density at radius 3 is 1.86 bits per heavy atom. The highest BCUT2D eigenvalue weighted by Crippen LogP contribution is 2.15. The molecule has 11 nitrogen and oxygen atoms in total. The molecular weight excluding hydrogens is 491 g/mol. The van der Waals surface area contributed by atoms with Crippen molar-refractivity contribution in [3.63, 3.8) is 0 Å². The Morgan fingerprint density at radius 1 is 0.972 bits per heavy atom. The molecule has 0 bridgehead atoms. The maximum absolute atomic E-state index is 12.7. The fourth-order valence-electron chi connectivity index (χ4n) is 2.45. The van der Waals surface area contributed by atoms with Crippen LogP contribution in [0.25, 0.3) is 0 Å². The minimum absolute atomic E-state index is 0.0344. The lowest BCUT2D eigenvalue weighted by Gasteiger charge is -2.17. The number of methoxy groups -OCH3 is 1.